The molecular formula is C22H25ClFN3O2. The fourth-order valence-electron chi connectivity index (χ4n) is 3.54. The van der Waals surface area contributed by atoms with E-state index in [1.54, 1.807) is 29.2 Å². The second-order valence-corrected chi connectivity index (χ2v) is 7.82. The van der Waals surface area contributed by atoms with E-state index < -0.39 is 0 Å². The summed E-state index contributed by atoms with van der Waals surface area (Å²) in [6.07, 6.45) is 0. The quantitative estimate of drug-likeness (QED) is 0.813. The Hall–Kier alpha value is -2.44. The third-order valence-electron chi connectivity index (χ3n) is 5.05. The molecule has 2 aromatic rings. The van der Waals surface area contributed by atoms with Gasteiger partial charge in [-0.15, -0.1) is 0 Å². The van der Waals surface area contributed by atoms with Crippen molar-refractivity contribution in [2.24, 2.45) is 0 Å². The van der Waals surface area contributed by atoms with Crippen LogP contribution < -0.4 is 5.32 Å². The first-order chi connectivity index (χ1) is 13.8. The fraction of sp³-hybridized carbons (Fsp3) is 0.364. The summed E-state index contributed by atoms with van der Waals surface area (Å²) in [5.74, 6) is -0.686. The molecule has 0 aliphatic carbocycles. The third-order valence-corrected chi connectivity index (χ3v) is 5.41. The van der Waals surface area contributed by atoms with Crippen molar-refractivity contribution in [2.45, 2.75) is 20.4 Å². The van der Waals surface area contributed by atoms with Gasteiger partial charge in [-0.25, -0.2) is 4.39 Å². The van der Waals surface area contributed by atoms with Gasteiger partial charge in [-0.1, -0.05) is 34.9 Å². The third kappa shape index (κ3) is 5.55. The van der Waals surface area contributed by atoms with Crippen molar-refractivity contribution < 1.29 is 14.0 Å². The lowest BCUT2D eigenvalue weighted by atomic mass is 10.1. The molecule has 2 amide bonds. The topological polar surface area (TPSA) is 52.7 Å². The van der Waals surface area contributed by atoms with E-state index >= 15 is 0 Å². The minimum absolute atomic E-state index is 0.0367. The maximum Gasteiger partial charge on any atom is 0.251 e. The van der Waals surface area contributed by atoms with Crippen LogP contribution in [0.4, 0.5) is 4.39 Å². The molecule has 1 N–H and O–H groups in total. The van der Waals surface area contributed by atoms with E-state index in [1.807, 2.05) is 19.9 Å². The first kappa shape index (κ1) is 21.3. The summed E-state index contributed by atoms with van der Waals surface area (Å²) >= 11 is 6.10. The van der Waals surface area contributed by atoms with Crippen molar-refractivity contribution >= 4 is 23.4 Å². The molecule has 2 aromatic carbocycles. The molecule has 0 unspecified atom stereocenters. The standard InChI is InChI=1S/C22H25ClFN3O2/c1-15-10-16(2)12-17(11-15)22(29)25-13-21(28)27-8-6-26(7-9-27)14-18-19(23)4-3-5-20(18)24/h3-5,10-12H,6-9,13-14H2,1-2H3,(H,25,29). The van der Waals surface area contributed by atoms with E-state index in [1.165, 1.54) is 6.07 Å². The van der Waals surface area contributed by atoms with Gasteiger partial charge < -0.3 is 10.2 Å². The summed E-state index contributed by atoms with van der Waals surface area (Å²) in [6, 6.07) is 10.3. The molecule has 0 atom stereocenters. The molecule has 0 saturated carbocycles. The molecule has 1 heterocycles. The summed E-state index contributed by atoms with van der Waals surface area (Å²) in [7, 11) is 0. The summed E-state index contributed by atoms with van der Waals surface area (Å²) in [4.78, 5) is 28.6. The lowest BCUT2D eigenvalue weighted by molar-refractivity contribution is -0.131. The molecule has 0 radical (unpaired) electrons. The summed E-state index contributed by atoms with van der Waals surface area (Å²) in [5.41, 5.74) is 3.05. The first-order valence-electron chi connectivity index (χ1n) is 9.63. The number of amides is 2. The van der Waals surface area contributed by atoms with Gasteiger partial charge in [0.05, 0.1) is 6.54 Å². The molecule has 29 heavy (non-hydrogen) atoms. The molecule has 3 rings (SSSR count). The number of hydrogen-bond donors (Lipinski definition) is 1. The number of carbonyl (C=O) groups excluding carboxylic acids is 2. The molecule has 1 saturated heterocycles. The number of hydrogen-bond acceptors (Lipinski definition) is 3. The van der Waals surface area contributed by atoms with Crippen LogP contribution in [0.5, 0.6) is 0 Å². The van der Waals surface area contributed by atoms with Crippen LogP contribution in [0.1, 0.15) is 27.0 Å². The smallest absolute Gasteiger partial charge is 0.251 e. The van der Waals surface area contributed by atoms with E-state index in [-0.39, 0.29) is 24.2 Å². The van der Waals surface area contributed by atoms with Crippen LogP contribution in [0, 0.1) is 19.7 Å². The molecule has 1 fully saturated rings. The highest BCUT2D eigenvalue weighted by Gasteiger charge is 2.23. The van der Waals surface area contributed by atoms with Crippen molar-refractivity contribution in [2.75, 3.05) is 32.7 Å². The Morgan fingerprint density at radius 3 is 2.34 bits per heavy atom. The van der Waals surface area contributed by atoms with Gasteiger partial charge in [-0.05, 0) is 38.1 Å². The van der Waals surface area contributed by atoms with E-state index in [9.17, 15) is 14.0 Å². The monoisotopic (exact) mass is 417 g/mol. The van der Waals surface area contributed by atoms with Crippen LogP contribution >= 0.6 is 11.6 Å². The molecule has 1 aliphatic heterocycles. The second kappa shape index (κ2) is 9.37. The number of nitrogens with one attached hydrogen (secondary N) is 1. The Morgan fingerprint density at radius 2 is 1.72 bits per heavy atom. The minimum atomic E-state index is -0.315. The second-order valence-electron chi connectivity index (χ2n) is 7.42. The highest BCUT2D eigenvalue weighted by Crippen LogP contribution is 2.21. The average Bonchev–Trinajstić information content (AvgIpc) is 2.68. The van der Waals surface area contributed by atoms with E-state index in [4.69, 9.17) is 11.6 Å². The van der Waals surface area contributed by atoms with E-state index in [0.717, 1.165) is 11.1 Å². The Bertz CT molecular complexity index is 870. The zero-order valence-electron chi connectivity index (χ0n) is 16.7. The normalized spacial score (nSPS) is 14.7. The molecule has 7 heteroatoms. The number of nitrogens with zero attached hydrogens (tertiary/aromatic N) is 2. The van der Waals surface area contributed by atoms with Gasteiger partial charge in [0.1, 0.15) is 5.82 Å². The average molecular weight is 418 g/mol. The van der Waals surface area contributed by atoms with Crippen molar-refractivity contribution in [1.29, 1.82) is 0 Å². The lowest BCUT2D eigenvalue weighted by Crippen LogP contribution is -2.50. The molecule has 0 bridgehead atoms. The zero-order chi connectivity index (χ0) is 21.0. The van der Waals surface area contributed by atoms with E-state index in [2.05, 4.69) is 10.2 Å². The molecule has 1 aliphatic rings. The Kier molecular flexibility index (Phi) is 6.87. The summed E-state index contributed by atoms with van der Waals surface area (Å²) < 4.78 is 14.0. The number of aryl methyl sites for hydroxylation is 2. The Balaban J connectivity index is 1.48. The number of halogens is 2. The first-order valence-corrected chi connectivity index (χ1v) is 10.0. The van der Waals surface area contributed by atoms with Gasteiger partial charge in [0.15, 0.2) is 0 Å². The highest BCUT2D eigenvalue weighted by atomic mass is 35.5. The van der Waals surface area contributed by atoms with Crippen molar-refractivity contribution in [3.8, 4) is 0 Å². The number of rotatable bonds is 5. The summed E-state index contributed by atoms with van der Waals surface area (Å²) in [6.45, 7) is 6.56. The number of piperazine rings is 1. The molecule has 0 spiro atoms. The van der Waals surface area contributed by atoms with Crippen LogP contribution in [0.2, 0.25) is 5.02 Å². The number of benzene rings is 2. The van der Waals surface area contributed by atoms with Gasteiger partial charge in [-0.3, -0.25) is 14.5 Å². The van der Waals surface area contributed by atoms with Crippen molar-refractivity contribution in [3.63, 3.8) is 0 Å². The predicted molar refractivity (Wildman–Crippen MR) is 112 cm³/mol. The zero-order valence-corrected chi connectivity index (χ0v) is 17.4. The van der Waals surface area contributed by atoms with Gasteiger partial charge in [0, 0.05) is 48.9 Å². The van der Waals surface area contributed by atoms with Crippen LogP contribution in [0.15, 0.2) is 36.4 Å². The van der Waals surface area contributed by atoms with Gasteiger partial charge in [0.2, 0.25) is 5.91 Å². The maximum atomic E-state index is 14.0. The summed E-state index contributed by atoms with van der Waals surface area (Å²) in [5, 5.41) is 3.12. The predicted octanol–water partition coefficient (Wildman–Crippen LogP) is 3.17. The molecular weight excluding hydrogens is 393 g/mol. The molecule has 154 valence electrons. The highest BCUT2D eigenvalue weighted by molar-refractivity contribution is 6.31. The van der Waals surface area contributed by atoms with E-state index in [0.29, 0.717) is 48.9 Å². The van der Waals surface area contributed by atoms with Crippen LogP contribution in [0.25, 0.3) is 0 Å². The number of carbonyl (C=O) groups is 2. The van der Waals surface area contributed by atoms with Gasteiger partial charge in [-0.2, -0.15) is 0 Å². The maximum absolute atomic E-state index is 14.0. The Morgan fingerprint density at radius 1 is 1.07 bits per heavy atom. The Labute approximate surface area is 175 Å². The van der Waals surface area contributed by atoms with Crippen LogP contribution in [-0.2, 0) is 11.3 Å². The SMILES string of the molecule is Cc1cc(C)cc(C(=O)NCC(=O)N2CCN(Cc3c(F)cccc3Cl)CC2)c1. The largest absolute Gasteiger partial charge is 0.343 e. The van der Waals surface area contributed by atoms with Crippen molar-refractivity contribution in [3.05, 3.63) is 69.5 Å². The minimum Gasteiger partial charge on any atom is -0.343 e. The lowest BCUT2D eigenvalue weighted by Gasteiger charge is -2.35. The van der Waals surface area contributed by atoms with Gasteiger partial charge >= 0.3 is 0 Å². The molecule has 5 nitrogen and oxygen atoms in total. The fourth-order valence-corrected chi connectivity index (χ4v) is 3.76. The van der Waals surface area contributed by atoms with Crippen molar-refractivity contribution in [1.82, 2.24) is 15.1 Å². The van der Waals surface area contributed by atoms with Crippen LogP contribution in [0.3, 0.4) is 0 Å². The molecule has 0 aromatic heterocycles. The van der Waals surface area contributed by atoms with Gasteiger partial charge in [0.25, 0.3) is 5.91 Å². The van der Waals surface area contributed by atoms with Crippen LogP contribution in [-0.4, -0.2) is 54.3 Å².